The van der Waals surface area contributed by atoms with Crippen LogP contribution in [-0.2, 0) is 21.4 Å². The Hall–Kier alpha value is -2.75. The Bertz CT molecular complexity index is 1110. The second kappa shape index (κ2) is 8.55. The SMILES string of the molecule is COCc1nc(-c2ccc(OC3CCN(S(=O)(=O)c4ccccc4C)C3)cc2)no1. The molecule has 2 heterocycles. The molecule has 0 radical (unpaired) electrons. The van der Waals surface area contributed by atoms with Gasteiger partial charge in [0.2, 0.25) is 15.8 Å². The first-order chi connectivity index (χ1) is 14.5. The van der Waals surface area contributed by atoms with Gasteiger partial charge in [0.15, 0.2) is 0 Å². The Morgan fingerprint density at radius 1 is 1.17 bits per heavy atom. The summed E-state index contributed by atoms with van der Waals surface area (Å²) >= 11 is 0. The normalized spacial score (nSPS) is 17.3. The van der Waals surface area contributed by atoms with Gasteiger partial charge in [-0.15, -0.1) is 0 Å². The van der Waals surface area contributed by atoms with Crippen molar-refractivity contribution < 1.29 is 22.4 Å². The molecule has 0 spiro atoms. The smallest absolute Gasteiger partial charge is 0.252 e. The van der Waals surface area contributed by atoms with Crippen LogP contribution in [0, 0.1) is 6.92 Å². The summed E-state index contributed by atoms with van der Waals surface area (Å²) < 4.78 is 43.5. The zero-order chi connectivity index (χ0) is 21.1. The van der Waals surface area contributed by atoms with Crippen LogP contribution in [0.1, 0.15) is 17.9 Å². The van der Waals surface area contributed by atoms with Crippen molar-refractivity contribution in [3.63, 3.8) is 0 Å². The number of sulfonamides is 1. The summed E-state index contributed by atoms with van der Waals surface area (Å²) in [5, 5.41) is 3.93. The van der Waals surface area contributed by atoms with Crippen molar-refractivity contribution >= 4 is 10.0 Å². The van der Waals surface area contributed by atoms with Crippen LogP contribution >= 0.6 is 0 Å². The van der Waals surface area contributed by atoms with Crippen LogP contribution in [0.25, 0.3) is 11.4 Å². The zero-order valence-electron chi connectivity index (χ0n) is 16.8. The fourth-order valence-corrected chi connectivity index (χ4v) is 5.14. The highest BCUT2D eigenvalue weighted by Gasteiger charge is 2.34. The molecular weight excluding hydrogens is 406 g/mol. The number of aromatic nitrogens is 2. The minimum atomic E-state index is -3.52. The van der Waals surface area contributed by atoms with Crippen LogP contribution in [0.2, 0.25) is 0 Å². The van der Waals surface area contributed by atoms with Gasteiger partial charge in [-0.3, -0.25) is 0 Å². The van der Waals surface area contributed by atoms with Crippen molar-refractivity contribution in [1.29, 1.82) is 0 Å². The summed E-state index contributed by atoms with van der Waals surface area (Å²) in [5.74, 6) is 1.55. The molecular formula is C21H23N3O5S. The van der Waals surface area contributed by atoms with Crippen LogP contribution in [0.15, 0.2) is 57.9 Å². The molecule has 2 aromatic carbocycles. The second-order valence-electron chi connectivity index (χ2n) is 7.13. The van der Waals surface area contributed by atoms with Crippen molar-refractivity contribution in [2.45, 2.75) is 31.0 Å². The number of rotatable bonds is 7. The Morgan fingerprint density at radius 2 is 1.93 bits per heavy atom. The van der Waals surface area contributed by atoms with Crippen LogP contribution in [-0.4, -0.2) is 49.2 Å². The highest BCUT2D eigenvalue weighted by atomic mass is 32.2. The third-order valence-corrected chi connectivity index (χ3v) is 7.00. The average Bonchev–Trinajstić information content (AvgIpc) is 3.39. The maximum absolute atomic E-state index is 12.9. The van der Waals surface area contributed by atoms with Gasteiger partial charge < -0.3 is 14.0 Å². The molecule has 1 fully saturated rings. The van der Waals surface area contributed by atoms with Crippen molar-refractivity contribution in [1.82, 2.24) is 14.4 Å². The molecule has 1 aliphatic rings. The molecule has 1 atom stereocenters. The number of methoxy groups -OCH3 is 1. The largest absolute Gasteiger partial charge is 0.489 e. The molecule has 1 aliphatic heterocycles. The molecule has 3 aromatic rings. The van der Waals surface area contributed by atoms with Crippen molar-refractivity contribution in [2.75, 3.05) is 20.2 Å². The number of hydrogen-bond acceptors (Lipinski definition) is 7. The zero-order valence-corrected chi connectivity index (χ0v) is 17.6. The van der Waals surface area contributed by atoms with E-state index < -0.39 is 10.0 Å². The maximum atomic E-state index is 12.9. The molecule has 158 valence electrons. The highest BCUT2D eigenvalue weighted by Crippen LogP contribution is 2.27. The Morgan fingerprint density at radius 3 is 2.67 bits per heavy atom. The molecule has 0 bridgehead atoms. The summed E-state index contributed by atoms with van der Waals surface area (Å²) in [6, 6.07) is 14.4. The van der Waals surface area contributed by atoms with Gasteiger partial charge in [-0.2, -0.15) is 9.29 Å². The molecule has 8 nitrogen and oxygen atoms in total. The summed E-state index contributed by atoms with van der Waals surface area (Å²) in [4.78, 5) is 4.61. The first-order valence-electron chi connectivity index (χ1n) is 9.62. The minimum Gasteiger partial charge on any atom is -0.489 e. The van der Waals surface area contributed by atoms with E-state index in [1.165, 1.54) is 4.31 Å². The van der Waals surface area contributed by atoms with Gasteiger partial charge in [0.25, 0.3) is 5.89 Å². The third-order valence-electron chi connectivity index (χ3n) is 4.97. The van der Waals surface area contributed by atoms with E-state index in [2.05, 4.69) is 10.1 Å². The molecule has 30 heavy (non-hydrogen) atoms. The van der Waals surface area contributed by atoms with E-state index in [0.29, 0.717) is 41.9 Å². The first-order valence-corrected chi connectivity index (χ1v) is 11.1. The highest BCUT2D eigenvalue weighted by molar-refractivity contribution is 7.89. The van der Waals surface area contributed by atoms with Gasteiger partial charge in [-0.05, 0) is 49.2 Å². The molecule has 0 amide bonds. The van der Waals surface area contributed by atoms with Crippen LogP contribution < -0.4 is 4.74 Å². The van der Waals surface area contributed by atoms with E-state index in [1.807, 2.05) is 30.3 Å². The van der Waals surface area contributed by atoms with E-state index in [1.54, 1.807) is 32.2 Å². The molecule has 1 unspecified atom stereocenters. The summed E-state index contributed by atoms with van der Waals surface area (Å²) in [6.45, 7) is 2.83. The van der Waals surface area contributed by atoms with E-state index in [4.69, 9.17) is 14.0 Å². The predicted octanol–water partition coefficient (Wildman–Crippen LogP) is 3.03. The fraction of sp³-hybridized carbons (Fsp3) is 0.333. The lowest BCUT2D eigenvalue weighted by atomic mass is 10.2. The van der Waals surface area contributed by atoms with E-state index in [-0.39, 0.29) is 12.7 Å². The van der Waals surface area contributed by atoms with Gasteiger partial charge in [0.05, 0.1) is 11.4 Å². The van der Waals surface area contributed by atoms with Crippen LogP contribution in [0.4, 0.5) is 0 Å². The molecule has 0 aliphatic carbocycles. The number of benzene rings is 2. The lowest BCUT2D eigenvalue weighted by Gasteiger charge is -2.18. The molecule has 0 saturated carbocycles. The van der Waals surface area contributed by atoms with Gasteiger partial charge >= 0.3 is 0 Å². The van der Waals surface area contributed by atoms with Gasteiger partial charge in [0.1, 0.15) is 18.5 Å². The number of ether oxygens (including phenoxy) is 2. The summed E-state index contributed by atoms with van der Waals surface area (Å²) in [5.41, 5.74) is 1.54. The van der Waals surface area contributed by atoms with Crippen molar-refractivity contribution in [3.05, 3.63) is 60.0 Å². The molecule has 9 heteroatoms. The van der Waals surface area contributed by atoms with Gasteiger partial charge in [-0.1, -0.05) is 23.4 Å². The quantitative estimate of drug-likeness (QED) is 0.570. The summed E-state index contributed by atoms with van der Waals surface area (Å²) in [6.07, 6.45) is 0.436. The number of aryl methyl sites for hydroxylation is 1. The number of hydrogen-bond donors (Lipinski definition) is 0. The summed E-state index contributed by atoms with van der Waals surface area (Å²) in [7, 11) is -1.96. The van der Waals surface area contributed by atoms with Crippen molar-refractivity contribution in [3.8, 4) is 17.1 Å². The number of nitrogens with zero attached hydrogens (tertiary/aromatic N) is 3. The molecule has 1 saturated heterocycles. The lowest BCUT2D eigenvalue weighted by molar-refractivity contribution is 0.151. The first kappa shape index (κ1) is 20.5. The average molecular weight is 429 g/mol. The Labute approximate surface area is 175 Å². The molecule has 1 aromatic heterocycles. The maximum Gasteiger partial charge on any atom is 0.252 e. The monoisotopic (exact) mass is 429 g/mol. The van der Waals surface area contributed by atoms with Gasteiger partial charge in [-0.25, -0.2) is 8.42 Å². The topological polar surface area (TPSA) is 94.8 Å². The molecule has 0 N–H and O–H groups in total. The van der Waals surface area contributed by atoms with Crippen LogP contribution in [0.5, 0.6) is 5.75 Å². The minimum absolute atomic E-state index is 0.201. The predicted molar refractivity (Wildman–Crippen MR) is 109 cm³/mol. The van der Waals surface area contributed by atoms with E-state index in [9.17, 15) is 8.42 Å². The second-order valence-corrected chi connectivity index (χ2v) is 9.03. The van der Waals surface area contributed by atoms with Crippen molar-refractivity contribution in [2.24, 2.45) is 0 Å². The van der Waals surface area contributed by atoms with E-state index >= 15 is 0 Å². The lowest BCUT2D eigenvalue weighted by Crippen LogP contribution is -2.31. The standard InChI is InChI=1S/C21H23N3O5S/c1-15-5-3-4-6-19(15)30(25,26)24-12-11-18(13-24)28-17-9-7-16(8-10-17)21-22-20(14-27-2)29-23-21/h3-10,18H,11-14H2,1-2H3. The van der Waals surface area contributed by atoms with E-state index in [0.717, 1.165) is 11.1 Å². The molecule has 4 rings (SSSR count). The van der Waals surface area contributed by atoms with Gasteiger partial charge in [0, 0.05) is 19.2 Å². The Balaban J connectivity index is 1.40. The third kappa shape index (κ3) is 4.23. The fourth-order valence-electron chi connectivity index (χ4n) is 3.43. The Kier molecular flexibility index (Phi) is 5.85. The van der Waals surface area contributed by atoms with Crippen LogP contribution in [0.3, 0.4) is 0 Å².